The normalized spacial score (nSPS) is 12.7. The van der Waals surface area contributed by atoms with Crippen molar-refractivity contribution in [2.45, 2.75) is 19.8 Å². The second-order valence-corrected chi connectivity index (χ2v) is 12.1. The molecule has 41 heavy (non-hydrogen) atoms. The number of benzene rings is 5. The Bertz CT molecular complexity index is 1710. The lowest BCUT2D eigenvalue weighted by molar-refractivity contribution is 0.0608. The Balaban J connectivity index is 1.40. The van der Waals surface area contributed by atoms with Crippen LogP contribution in [0.2, 0.25) is 0 Å². The largest absolute Gasteiger partial charge is 0.422 e. The summed E-state index contributed by atoms with van der Waals surface area (Å²) in [6.07, 6.45) is 1.62. The Labute approximate surface area is 240 Å². The van der Waals surface area contributed by atoms with Gasteiger partial charge in [0, 0.05) is 28.4 Å². The number of imide groups is 1. The van der Waals surface area contributed by atoms with Crippen LogP contribution < -0.4 is 20.7 Å². The van der Waals surface area contributed by atoms with Gasteiger partial charge < -0.3 is 4.74 Å². The Hall–Kier alpha value is -4.60. The number of unbranched alkanes of at least 4 members (excludes halogenated alkanes) is 1. The summed E-state index contributed by atoms with van der Waals surface area (Å²) >= 11 is 0. The van der Waals surface area contributed by atoms with Crippen LogP contribution in [0.25, 0.3) is 10.8 Å². The highest BCUT2D eigenvalue weighted by molar-refractivity contribution is 7.80. The fourth-order valence-corrected chi connectivity index (χ4v) is 7.74. The van der Waals surface area contributed by atoms with Crippen LogP contribution >= 0.6 is 7.92 Å². The fraction of sp³-hybridized carbons (Fsp3) is 0.114. The fourth-order valence-electron chi connectivity index (χ4n) is 5.31. The molecule has 0 bridgehead atoms. The molecule has 1 aliphatic heterocycles. The zero-order valence-electron chi connectivity index (χ0n) is 22.6. The topological polar surface area (TPSA) is 63.7 Å². The van der Waals surface area contributed by atoms with Gasteiger partial charge in [0.15, 0.2) is 0 Å². The van der Waals surface area contributed by atoms with E-state index in [1.807, 2.05) is 61.5 Å². The number of rotatable bonds is 8. The minimum absolute atomic E-state index is 0.313. The Morgan fingerprint density at radius 2 is 1.32 bits per heavy atom. The first-order chi connectivity index (χ1) is 20.1. The molecule has 0 fully saturated rings. The average molecular weight is 558 g/mol. The second-order valence-electron chi connectivity index (χ2n) is 9.87. The monoisotopic (exact) mass is 557 g/mol. The second kappa shape index (κ2) is 11.5. The van der Waals surface area contributed by atoms with E-state index < -0.39 is 13.9 Å². The van der Waals surface area contributed by atoms with Crippen LogP contribution in [-0.2, 0) is 0 Å². The number of ether oxygens (including phenoxy) is 1. The highest BCUT2D eigenvalue weighted by Gasteiger charge is 2.33. The molecule has 0 radical (unpaired) electrons. The van der Waals surface area contributed by atoms with Crippen molar-refractivity contribution < 1.29 is 19.1 Å². The first-order valence-corrected chi connectivity index (χ1v) is 15.1. The number of nitrogens with zero attached hydrogens (tertiary/aromatic N) is 1. The summed E-state index contributed by atoms with van der Waals surface area (Å²) in [5.74, 6) is -0.797. The lowest BCUT2D eigenvalue weighted by Crippen LogP contribution is -2.40. The van der Waals surface area contributed by atoms with Crippen LogP contribution in [-0.4, -0.2) is 29.2 Å². The van der Waals surface area contributed by atoms with Crippen LogP contribution in [0, 0.1) is 0 Å². The van der Waals surface area contributed by atoms with Gasteiger partial charge in [0.2, 0.25) is 0 Å². The molecule has 0 N–H and O–H groups in total. The molecule has 2 amide bonds. The van der Waals surface area contributed by atoms with Gasteiger partial charge in [0.25, 0.3) is 11.8 Å². The lowest BCUT2D eigenvalue weighted by atomic mass is 9.93. The molecule has 1 heterocycles. The number of amides is 2. The van der Waals surface area contributed by atoms with E-state index in [4.69, 9.17) is 4.74 Å². The molecular formula is C35H28NO4P. The van der Waals surface area contributed by atoms with E-state index in [1.165, 1.54) is 4.90 Å². The summed E-state index contributed by atoms with van der Waals surface area (Å²) in [6, 6.07) is 36.5. The highest BCUT2D eigenvalue weighted by atomic mass is 31.1. The van der Waals surface area contributed by atoms with Gasteiger partial charge in [-0.05, 0) is 54.5 Å². The van der Waals surface area contributed by atoms with Crippen LogP contribution in [0.1, 0.15) is 50.8 Å². The molecule has 0 atom stereocenters. The molecule has 5 nitrogen and oxygen atoms in total. The zero-order valence-corrected chi connectivity index (χ0v) is 23.5. The van der Waals surface area contributed by atoms with Gasteiger partial charge in [-0.2, -0.15) is 0 Å². The van der Waals surface area contributed by atoms with E-state index in [1.54, 1.807) is 36.4 Å². The number of hydrogen-bond acceptors (Lipinski definition) is 4. The van der Waals surface area contributed by atoms with Gasteiger partial charge in [0.05, 0.1) is 5.56 Å². The quantitative estimate of drug-likeness (QED) is 0.0985. The van der Waals surface area contributed by atoms with E-state index in [0.717, 1.165) is 28.8 Å². The molecule has 1 aliphatic rings. The van der Waals surface area contributed by atoms with E-state index in [-0.39, 0.29) is 11.8 Å². The third kappa shape index (κ3) is 4.94. The summed E-state index contributed by atoms with van der Waals surface area (Å²) in [6.45, 7) is 2.40. The maximum absolute atomic E-state index is 13.8. The van der Waals surface area contributed by atoms with Crippen molar-refractivity contribution in [1.29, 1.82) is 0 Å². The summed E-state index contributed by atoms with van der Waals surface area (Å²) in [4.78, 5) is 41.7. The first-order valence-electron chi connectivity index (χ1n) is 13.7. The highest BCUT2D eigenvalue weighted by Crippen LogP contribution is 2.37. The third-order valence-electron chi connectivity index (χ3n) is 7.28. The van der Waals surface area contributed by atoms with Crippen LogP contribution in [0.15, 0.2) is 115 Å². The molecule has 202 valence electrons. The zero-order chi connectivity index (χ0) is 28.3. The van der Waals surface area contributed by atoms with E-state index in [9.17, 15) is 14.4 Å². The minimum atomic E-state index is -1.03. The number of carbonyl (C=O) groups is 3. The smallest absolute Gasteiger partial charge is 0.344 e. The molecule has 0 saturated carbocycles. The van der Waals surface area contributed by atoms with Gasteiger partial charge in [-0.15, -0.1) is 0 Å². The maximum Gasteiger partial charge on any atom is 0.344 e. The molecule has 0 spiro atoms. The SMILES string of the molecule is CCCCN1C(=O)c2cccc3c(OC(=O)c4ccccc4P(c4ccccc4)c4ccccc4)ccc(c23)C1=O. The first kappa shape index (κ1) is 26.6. The Kier molecular flexibility index (Phi) is 7.45. The Morgan fingerprint density at radius 3 is 1.98 bits per heavy atom. The van der Waals surface area contributed by atoms with Crippen molar-refractivity contribution in [3.63, 3.8) is 0 Å². The van der Waals surface area contributed by atoms with Gasteiger partial charge in [0.1, 0.15) is 5.75 Å². The van der Waals surface area contributed by atoms with Crippen molar-refractivity contribution in [2.75, 3.05) is 6.54 Å². The van der Waals surface area contributed by atoms with Crippen LogP contribution in [0.3, 0.4) is 0 Å². The van der Waals surface area contributed by atoms with Gasteiger partial charge >= 0.3 is 5.97 Å². The Morgan fingerprint density at radius 1 is 0.707 bits per heavy atom. The minimum Gasteiger partial charge on any atom is -0.422 e. The molecule has 0 aliphatic carbocycles. The average Bonchev–Trinajstić information content (AvgIpc) is 3.02. The van der Waals surface area contributed by atoms with Crippen molar-refractivity contribution >= 4 is 52.4 Å². The summed E-state index contributed by atoms with van der Waals surface area (Å²) in [5, 5.41) is 4.24. The third-order valence-corrected chi connectivity index (χ3v) is 9.78. The molecule has 5 aromatic rings. The molecular weight excluding hydrogens is 529 g/mol. The number of hydrogen-bond donors (Lipinski definition) is 0. The maximum atomic E-state index is 13.8. The molecule has 5 aromatic carbocycles. The predicted octanol–water partition coefficient (Wildman–Crippen LogP) is 6.21. The molecule has 0 unspecified atom stereocenters. The van der Waals surface area contributed by atoms with Gasteiger partial charge in [-0.25, -0.2) is 4.79 Å². The van der Waals surface area contributed by atoms with Crippen LogP contribution in [0.5, 0.6) is 5.75 Å². The van der Waals surface area contributed by atoms with Crippen molar-refractivity contribution in [1.82, 2.24) is 4.90 Å². The van der Waals surface area contributed by atoms with Crippen LogP contribution in [0.4, 0.5) is 0 Å². The lowest BCUT2D eigenvalue weighted by Gasteiger charge is -2.27. The molecule has 0 aromatic heterocycles. The molecule has 0 saturated heterocycles. The number of esters is 1. The van der Waals surface area contributed by atoms with E-state index in [2.05, 4.69) is 24.3 Å². The van der Waals surface area contributed by atoms with Gasteiger partial charge in [-0.3, -0.25) is 14.5 Å². The number of carbonyl (C=O) groups excluding carboxylic acids is 3. The van der Waals surface area contributed by atoms with Crippen molar-refractivity contribution in [3.8, 4) is 5.75 Å². The standard InChI is InChI=1S/C35H28NO4P/c1-2-3-23-36-33(37)28-19-12-18-26-30(22-21-29(32(26)28)34(36)38)40-35(39)27-17-10-11-20-31(27)41(24-13-6-4-7-14-24)25-15-8-5-9-16-25/h4-22H,2-3,23H2,1H3. The summed E-state index contributed by atoms with van der Waals surface area (Å²) in [5.41, 5.74) is 1.37. The van der Waals surface area contributed by atoms with Crippen molar-refractivity contribution in [3.05, 3.63) is 132 Å². The van der Waals surface area contributed by atoms with E-state index >= 15 is 0 Å². The summed E-state index contributed by atoms with van der Waals surface area (Å²) < 4.78 is 6.05. The molecule has 6 rings (SSSR count). The van der Waals surface area contributed by atoms with E-state index in [0.29, 0.717) is 39.8 Å². The predicted molar refractivity (Wildman–Crippen MR) is 164 cm³/mol. The summed E-state index contributed by atoms with van der Waals surface area (Å²) in [7, 11) is -1.03. The van der Waals surface area contributed by atoms with Crippen molar-refractivity contribution in [2.24, 2.45) is 0 Å². The van der Waals surface area contributed by atoms with Gasteiger partial charge in [-0.1, -0.05) is 104 Å². The molecule has 6 heteroatoms.